The number of nitrogens with two attached hydrogens (primary N) is 1. The van der Waals surface area contributed by atoms with Gasteiger partial charge in [0.15, 0.2) is 36.9 Å². The van der Waals surface area contributed by atoms with E-state index in [1.54, 1.807) is 34.9 Å². The number of imidazole rings is 1. The van der Waals surface area contributed by atoms with Crippen molar-refractivity contribution < 1.29 is 27.7 Å². The number of nitrogen functional groups attached to an aromatic ring is 1. The molecule has 1 unspecified atom stereocenters. The molecule has 0 aliphatic rings. The monoisotopic (exact) mass is 529 g/mol. The van der Waals surface area contributed by atoms with Gasteiger partial charge in [0, 0.05) is 12.1 Å². The van der Waals surface area contributed by atoms with Crippen molar-refractivity contribution in [2.45, 2.75) is 13.2 Å². The van der Waals surface area contributed by atoms with Crippen LogP contribution in [0, 0.1) is 5.82 Å². The Labute approximate surface area is 212 Å². The topological polar surface area (TPSA) is 144 Å². The number of H-pyrrole nitrogens is 1. The van der Waals surface area contributed by atoms with Gasteiger partial charge in [-0.3, -0.25) is 14.6 Å². The summed E-state index contributed by atoms with van der Waals surface area (Å²) in [4.78, 5) is 35.0. The van der Waals surface area contributed by atoms with Crippen LogP contribution in [0.3, 0.4) is 0 Å². The minimum Gasteiger partial charge on any atom is -0.494 e. The molecule has 3 N–H and O–H groups in total. The first kappa shape index (κ1) is 26.4. The van der Waals surface area contributed by atoms with E-state index in [4.69, 9.17) is 24.3 Å². The summed E-state index contributed by atoms with van der Waals surface area (Å²) in [5.74, 6) is -0.594. The molecule has 0 aliphatic carbocycles. The standard InChI is InChI=1S/C24H25FN5O6P/c1-33-20-8-7-16(11-18(20)25)12-35-37(36-13-19(31)17-5-3-2-4-6-17)15-34-10-9-30-14-27-21-22(30)28-24(26)29-23(21)32/h2-8,11,14H,9-10,12-13,15H2,1H3,(H3,26,28,29,32). The number of nitrogens with one attached hydrogen (secondary N) is 1. The lowest BCUT2D eigenvalue weighted by Gasteiger charge is -2.18. The Hall–Kier alpha value is -3.70. The number of hydrogen-bond acceptors (Lipinski definition) is 9. The van der Waals surface area contributed by atoms with Crippen LogP contribution in [0.1, 0.15) is 15.9 Å². The molecule has 0 bridgehead atoms. The van der Waals surface area contributed by atoms with E-state index in [0.717, 1.165) is 0 Å². The normalized spacial score (nSPS) is 12.1. The number of hydrogen-bond donors (Lipinski definition) is 2. The van der Waals surface area contributed by atoms with Gasteiger partial charge in [0.1, 0.15) is 13.0 Å². The quantitative estimate of drug-likeness (QED) is 0.152. The van der Waals surface area contributed by atoms with Gasteiger partial charge in [-0.25, -0.2) is 9.37 Å². The van der Waals surface area contributed by atoms with Crippen LogP contribution < -0.4 is 16.0 Å². The van der Waals surface area contributed by atoms with Crippen LogP contribution in [-0.4, -0.2) is 52.0 Å². The third-order valence-corrected chi connectivity index (χ3v) is 6.42. The van der Waals surface area contributed by atoms with Gasteiger partial charge in [-0.05, 0) is 17.7 Å². The van der Waals surface area contributed by atoms with Crippen LogP contribution in [0.15, 0.2) is 59.7 Å². The molecule has 0 saturated carbocycles. The van der Waals surface area contributed by atoms with Gasteiger partial charge in [-0.15, -0.1) is 0 Å². The molecular weight excluding hydrogens is 504 g/mol. The first-order valence-electron chi connectivity index (χ1n) is 11.2. The number of aromatic amines is 1. The second-order valence-corrected chi connectivity index (χ2v) is 9.18. The molecule has 0 aliphatic heterocycles. The van der Waals surface area contributed by atoms with Crippen LogP contribution in [0.2, 0.25) is 0 Å². The summed E-state index contributed by atoms with van der Waals surface area (Å²) in [6, 6.07) is 13.3. The highest BCUT2D eigenvalue weighted by molar-refractivity contribution is 7.47. The van der Waals surface area contributed by atoms with Crippen LogP contribution in [0.25, 0.3) is 11.2 Å². The van der Waals surface area contributed by atoms with Crippen molar-refractivity contribution in [3.8, 4) is 5.75 Å². The van der Waals surface area contributed by atoms with Crippen LogP contribution >= 0.6 is 8.38 Å². The minimum absolute atomic E-state index is 0.0106. The number of benzene rings is 2. The molecule has 0 saturated heterocycles. The number of anilines is 1. The maximum Gasteiger partial charge on any atom is 0.280 e. The van der Waals surface area contributed by atoms with E-state index in [-0.39, 0.29) is 49.2 Å². The zero-order valence-corrected chi connectivity index (χ0v) is 20.8. The van der Waals surface area contributed by atoms with Gasteiger partial charge in [0.05, 0.1) is 26.7 Å². The van der Waals surface area contributed by atoms with Crippen molar-refractivity contribution in [2.24, 2.45) is 0 Å². The summed E-state index contributed by atoms with van der Waals surface area (Å²) in [5, 5.41) is 0. The number of rotatable bonds is 13. The largest absolute Gasteiger partial charge is 0.494 e. The number of carbonyl (C=O) groups excluding carboxylic acids is 1. The second kappa shape index (κ2) is 12.5. The lowest BCUT2D eigenvalue weighted by molar-refractivity contribution is 0.0896. The molecule has 2 heterocycles. The van der Waals surface area contributed by atoms with Crippen molar-refractivity contribution in [3.63, 3.8) is 0 Å². The number of ether oxygens (including phenoxy) is 2. The third-order valence-electron chi connectivity index (χ3n) is 5.19. The lowest BCUT2D eigenvalue weighted by atomic mass is 10.1. The maximum absolute atomic E-state index is 14.0. The molecule has 2 aromatic heterocycles. The predicted molar refractivity (Wildman–Crippen MR) is 135 cm³/mol. The molecule has 1 atom stereocenters. The summed E-state index contributed by atoms with van der Waals surface area (Å²) in [5.41, 5.74) is 6.81. The second-order valence-electron chi connectivity index (χ2n) is 7.74. The number of ketones is 1. The predicted octanol–water partition coefficient (Wildman–Crippen LogP) is 3.25. The fraction of sp³-hybridized carbons (Fsp3) is 0.250. The van der Waals surface area contributed by atoms with Gasteiger partial charge in [0.25, 0.3) is 5.56 Å². The summed E-state index contributed by atoms with van der Waals surface area (Å²) < 4.78 is 38.0. The summed E-state index contributed by atoms with van der Waals surface area (Å²) in [7, 11) is -0.267. The number of methoxy groups -OCH3 is 1. The van der Waals surface area contributed by atoms with Crippen molar-refractivity contribution in [1.29, 1.82) is 0 Å². The Bertz CT molecular complexity index is 1410. The lowest BCUT2D eigenvalue weighted by Crippen LogP contribution is -2.13. The molecule has 0 fully saturated rings. The van der Waals surface area contributed by atoms with Crippen molar-refractivity contribution in [3.05, 3.63) is 82.2 Å². The third kappa shape index (κ3) is 6.95. The van der Waals surface area contributed by atoms with E-state index >= 15 is 0 Å². The SMILES string of the molecule is COc1ccc(COP(COCCn2cnc3c(=O)[nH]c(N)nc32)OCC(=O)c2ccccc2)cc1F. The minimum atomic E-state index is -1.65. The van der Waals surface area contributed by atoms with E-state index in [1.807, 2.05) is 6.07 Å². The van der Waals surface area contributed by atoms with Crippen LogP contribution in [-0.2, 0) is 26.9 Å². The molecular formula is C24H25FN5O6P. The van der Waals surface area contributed by atoms with E-state index in [0.29, 0.717) is 23.3 Å². The average molecular weight is 529 g/mol. The molecule has 13 heteroatoms. The number of carbonyl (C=O) groups is 1. The zero-order valence-electron chi connectivity index (χ0n) is 19.9. The molecule has 2 aromatic carbocycles. The molecule has 0 spiro atoms. The zero-order chi connectivity index (χ0) is 26.2. The van der Waals surface area contributed by atoms with Crippen molar-refractivity contribution >= 4 is 31.3 Å². The molecule has 37 heavy (non-hydrogen) atoms. The summed E-state index contributed by atoms with van der Waals surface area (Å²) >= 11 is 0. The maximum atomic E-state index is 14.0. The number of fused-ring (bicyclic) bond motifs is 1. The summed E-state index contributed by atoms with van der Waals surface area (Å²) in [6.07, 6.45) is 1.53. The Morgan fingerprint density at radius 1 is 1.19 bits per heavy atom. The first-order chi connectivity index (χ1) is 17.9. The van der Waals surface area contributed by atoms with Gasteiger partial charge < -0.3 is 28.8 Å². The summed E-state index contributed by atoms with van der Waals surface area (Å²) in [6.45, 7) is 0.402. The average Bonchev–Trinajstić information content (AvgIpc) is 3.31. The smallest absolute Gasteiger partial charge is 0.280 e. The van der Waals surface area contributed by atoms with Crippen molar-refractivity contribution in [1.82, 2.24) is 19.5 Å². The van der Waals surface area contributed by atoms with Gasteiger partial charge >= 0.3 is 0 Å². The molecule has 0 radical (unpaired) electrons. The van der Waals surface area contributed by atoms with E-state index in [1.165, 1.54) is 25.6 Å². The Balaban J connectivity index is 1.35. The van der Waals surface area contributed by atoms with E-state index in [9.17, 15) is 14.0 Å². The Morgan fingerprint density at radius 3 is 2.76 bits per heavy atom. The van der Waals surface area contributed by atoms with E-state index in [2.05, 4.69) is 15.0 Å². The number of aromatic nitrogens is 4. The molecule has 4 rings (SSSR count). The Kier molecular flexibility index (Phi) is 8.91. The van der Waals surface area contributed by atoms with Gasteiger partial charge in [-0.1, -0.05) is 36.4 Å². The van der Waals surface area contributed by atoms with E-state index < -0.39 is 19.8 Å². The molecule has 4 aromatic rings. The van der Waals surface area contributed by atoms with Gasteiger partial charge in [0.2, 0.25) is 5.95 Å². The fourth-order valence-electron chi connectivity index (χ4n) is 3.33. The molecule has 194 valence electrons. The number of nitrogens with zero attached hydrogens (tertiary/aromatic N) is 3. The number of Topliss-reactive ketones (excluding diaryl/α,β-unsaturated/α-hetero) is 1. The van der Waals surface area contributed by atoms with Crippen molar-refractivity contribution in [2.75, 3.05) is 32.4 Å². The molecule has 0 amide bonds. The van der Waals surface area contributed by atoms with Gasteiger partial charge in [-0.2, -0.15) is 4.98 Å². The van der Waals surface area contributed by atoms with Crippen LogP contribution in [0.4, 0.5) is 10.3 Å². The highest BCUT2D eigenvalue weighted by Crippen LogP contribution is 2.39. The fourth-order valence-corrected chi connectivity index (χ4v) is 4.39. The highest BCUT2D eigenvalue weighted by atomic mass is 31.2. The van der Waals surface area contributed by atoms with Crippen LogP contribution in [0.5, 0.6) is 5.75 Å². The first-order valence-corrected chi connectivity index (χ1v) is 12.5. The Morgan fingerprint density at radius 2 is 2.00 bits per heavy atom. The number of halogens is 1. The molecule has 11 nitrogen and oxygen atoms in total. The highest BCUT2D eigenvalue weighted by Gasteiger charge is 2.16.